The van der Waals surface area contributed by atoms with Crippen molar-refractivity contribution in [3.8, 4) is 0 Å². The largest absolute Gasteiger partial charge is 0.348 e. The van der Waals surface area contributed by atoms with Gasteiger partial charge in [-0.05, 0) is 12.5 Å². The predicted molar refractivity (Wildman–Crippen MR) is 59.5 cm³/mol. The molecular formula is C12H16FNO2. The summed E-state index contributed by atoms with van der Waals surface area (Å²) in [5.41, 5.74) is 0.192. The fourth-order valence-corrected chi connectivity index (χ4v) is 1.63. The van der Waals surface area contributed by atoms with Crippen LogP contribution in [0.1, 0.15) is 19.4 Å². The molecule has 1 unspecified atom stereocenters. The standard InChI is InChI=1S/C12H16FNO2/c1-10(15)14-12(2,8-16-9-13)11-6-4-3-5-7-11/h3-7H,8-9H2,1-2H3,(H,14,15). The van der Waals surface area contributed by atoms with Gasteiger partial charge in [0.05, 0.1) is 12.1 Å². The summed E-state index contributed by atoms with van der Waals surface area (Å²) in [5, 5.41) is 2.78. The summed E-state index contributed by atoms with van der Waals surface area (Å²) in [6.45, 7) is 2.48. The minimum atomic E-state index is -0.859. The van der Waals surface area contributed by atoms with Crippen molar-refractivity contribution in [3.05, 3.63) is 35.9 Å². The summed E-state index contributed by atoms with van der Waals surface area (Å²) < 4.78 is 16.8. The SMILES string of the molecule is CC(=O)NC(C)(COCF)c1ccccc1. The average Bonchev–Trinajstić information content (AvgIpc) is 2.27. The van der Waals surface area contributed by atoms with Crippen LogP contribution in [0.5, 0.6) is 0 Å². The van der Waals surface area contributed by atoms with E-state index in [9.17, 15) is 9.18 Å². The smallest absolute Gasteiger partial charge is 0.217 e. The number of hydrogen-bond acceptors (Lipinski definition) is 2. The van der Waals surface area contributed by atoms with Gasteiger partial charge >= 0.3 is 0 Å². The van der Waals surface area contributed by atoms with Crippen molar-refractivity contribution < 1.29 is 13.9 Å². The highest BCUT2D eigenvalue weighted by Gasteiger charge is 2.27. The van der Waals surface area contributed by atoms with Gasteiger partial charge in [-0.25, -0.2) is 4.39 Å². The molecule has 1 amide bonds. The van der Waals surface area contributed by atoms with Gasteiger partial charge in [0.15, 0.2) is 6.86 Å². The van der Waals surface area contributed by atoms with Gasteiger partial charge in [-0.15, -0.1) is 0 Å². The van der Waals surface area contributed by atoms with Crippen molar-refractivity contribution in [1.82, 2.24) is 5.32 Å². The number of carbonyl (C=O) groups is 1. The number of carbonyl (C=O) groups excluding carboxylic acids is 1. The van der Waals surface area contributed by atoms with Crippen LogP contribution in [0.3, 0.4) is 0 Å². The van der Waals surface area contributed by atoms with Gasteiger partial charge in [0.25, 0.3) is 0 Å². The van der Waals surface area contributed by atoms with Crippen molar-refractivity contribution >= 4 is 5.91 Å². The van der Waals surface area contributed by atoms with Crippen LogP contribution in [-0.4, -0.2) is 19.4 Å². The molecule has 0 aliphatic heterocycles. The number of amides is 1. The molecule has 1 aromatic rings. The number of rotatable bonds is 5. The molecule has 88 valence electrons. The molecule has 0 aliphatic rings. The lowest BCUT2D eigenvalue weighted by molar-refractivity contribution is -0.122. The van der Waals surface area contributed by atoms with E-state index < -0.39 is 12.4 Å². The van der Waals surface area contributed by atoms with Gasteiger partial charge in [-0.1, -0.05) is 30.3 Å². The maximum absolute atomic E-state index is 12.0. The summed E-state index contributed by atoms with van der Waals surface area (Å²) in [6, 6.07) is 9.36. The molecular weight excluding hydrogens is 209 g/mol. The van der Waals surface area contributed by atoms with Crippen molar-refractivity contribution in [2.24, 2.45) is 0 Å². The zero-order valence-electron chi connectivity index (χ0n) is 9.50. The fourth-order valence-electron chi connectivity index (χ4n) is 1.63. The van der Waals surface area contributed by atoms with Gasteiger partial charge in [0, 0.05) is 6.92 Å². The molecule has 0 saturated heterocycles. The van der Waals surface area contributed by atoms with Gasteiger partial charge in [0.1, 0.15) is 0 Å². The lowest BCUT2D eigenvalue weighted by Crippen LogP contribution is -2.46. The van der Waals surface area contributed by atoms with Crippen molar-refractivity contribution in [3.63, 3.8) is 0 Å². The minimum absolute atomic E-state index is 0.104. The second-order valence-electron chi connectivity index (χ2n) is 3.84. The normalized spacial score (nSPS) is 14.2. The quantitative estimate of drug-likeness (QED) is 0.832. The van der Waals surface area contributed by atoms with Crippen LogP contribution in [0.2, 0.25) is 0 Å². The van der Waals surface area contributed by atoms with Gasteiger partial charge in [-0.2, -0.15) is 0 Å². The van der Waals surface area contributed by atoms with Crippen molar-refractivity contribution in [2.45, 2.75) is 19.4 Å². The molecule has 0 aromatic heterocycles. The van der Waals surface area contributed by atoms with Crippen LogP contribution in [0, 0.1) is 0 Å². The summed E-state index contributed by atoms with van der Waals surface area (Å²) in [7, 11) is 0. The maximum atomic E-state index is 12.0. The molecule has 0 fully saturated rings. The Hall–Kier alpha value is -1.42. The van der Waals surface area contributed by atoms with Crippen LogP contribution < -0.4 is 5.32 Å². The van der Waals surface area contributed by atoms with Crippen LogP contribution >= 0.6 is 0 Å². The predicted octanol–water partition coefficient (Wildman–Crippen LogP) is 1.98. The number of alkyl halides is 1. The lowest BCUT2D eigenvalue weighted by Gasteiger charge is -2.30. The summed E-state index contributed by atoms with van der Waals surface area (Å²) >= 11 is 0. The Morgan fingerprint density at radius 1 is 1.44 bits per heavy atom. The Balaban J connectivity index is 2.90. The monoisotopic (exact) mass is 225 g/mol. The molecule has 0 saturated carbocycles. The molecule has 1 aromatic carbocycles. The van der Waals surface area contributed by atoms with Crippen LogP contribution in [0.15, 0.2) is 30.3 Å². The lowest BCUT2D eigenvalue weighted by atomic mass is 9.93. The maximum Gasteiger partial charge on any atom is 0.217 e. The number of benzene rings is 1. The number of halogens is 1. The van der Waals surface area contributed by atoms with E-state index >= 15 is 0 Å². The minimum Gasteiger partial charge on any atom is -0.348 e. The molecule has 0 radical (unpaired) electrons. The van der Waals surface area contributed by atoms with Crippen LogP contribution in [-0.2, 0) is 15.1 Å². The topological polar surface area (TPSA) is 38.3 Å². The third kappa shape index (κ3) is 3.31. The Labute approximate surface area is 94.6 Å². The summed E-state index contributed by atoms with van der Waals surface area (Å²) in [6.07, 6.45) is 0. The molecule has 1 N–H and O–H groups in total. The first kappa shape index (κ1) is 12.6. The van der Waals surface area contributed by atoms with E-state index in [0.29, 0.717) is 0 Å². The highest BCUT2D eigenvalue weighted by atomic mass is 19.1. The molecule has 4 heteroatoms. The van der Waals surface area contributed by atoms with Crippen LogP contribution in [0.25, 0.3) is 0 Å². The molecule has 0 heterocycles. The molecule has 1 rings (SSSR count). The number of hydrogen-bond donors (Lipinski definition) is 1. The first-order valence-electron chi connectivity index (χ1n) is 5.06. The Bertz CT molecular complexity index is 342. The fraction of sp³-hybridized carbons (Fsp3) is 0.417. The second-order valence-corrected chi connectivity index (χ2v) is 3.84. The van der Waals surface area contributed by atoms with E-state index in [0.717, 1.165) is 5.56 Å². The zero-order valence-corrected chi connectivity index (χ0v) is 9.50. The van der Waals surface area contributed by atoms with Gasteiger partial charge in [0.2, 0.25) is 5.91 Å². The van der Waals surface area contributed by atoms with Gasteiger partial charge in [-0.3, -0.25) is 4.79 Å². The van der Waals surface area contributed by atoms with E-state index in [2.05, 4.69) is 5.32 Å². The molecule has 1 atom stereocenters. The molecule has 0 bridgehead atoms. The Kier molecular flexibility index (Phi) is 4.43. The van der Waals surface area contributed by atoms with Gasteiger partial charge < -0.3 is 10.1 Å². The number of ether oxygens (including phenoxy) is 1. The molecule has 0 aliphatic carbocycles. The van der Waals surface area contributed by atoms with Crippen LogP contribution in [0.4, 0.5) is 4.39 Å². The highest BCUT2D eigenvalue weighted by molar-refractivity contribution is 5.74. The zero-order chi connectivity index (χ0) is 12.0. The molecule has 16 heavy (non-hydrogen) atoms. The third-order valence-electron chi connectivity index (χ3n) is 2.33. The molecule has 3 nitrogen and oxygen atoms in total. The summed E-state index contributed by atoms with van der Waals surface area (Å²) in [4.78, 5) is 11.1. The van der Waals surface area contributed by atoms with E-state index in [1.807, 2.05) is 30.3 Å². The van der Waals surface area contributed by atoms with E-state index in [-0.39, 0.29) is 12.5 Å². The number of nitrogens with one attached hydrogen (secondary N) is 1. The van der Waals surface area contributed by atoms with Crippen molar-refractivity contribution in [1.29, 1.82) is 0 Å². The van der Waals surface area contributed by atoms with E-state index in [4.69, 9.17) is 4.74 Å². The second kappa shape index (κ2) is 5.61. The first-order valence-corrected chi connectivity index (χ1v) is 5.06. The third-order valence-corrected chi connectivity index (χ3v) is 2.33. The Morgan fingerprint density at radius 2 is 2.06 bits per heavy atom. The summed E-state index contributed by atoms with van der Waals surface area (Å²) in [5.74, 6) is -0.172. The average molecular weight is 225 g/mol. The first-order chi connectivity index (χ1) is 7.58. The van der Waals surface area contributed by atoms with E-state index in [1.54, 1.807) is 6.92 Å². The van der Waals surface area contributed by atoms with Crippen molar-refractivity contribution in [2.75, 3.05) is 13.5 Å². The van der Waals surface area contributed by atoms with E-state index in [1.165, 1.54) is 6.92 Å². The highest BCUT2D eigenvalue weighted by Crippen LogP contribution is 2.20. The molecule has 0 spiro atoms. The Morgan fingerprint density at radius 3 is 2.56 bits per heavy atom.